The van der Waals surface area contributed by atoms with Crippen molar-refractivity contribution in [2.45, 2.75) is 26.1 Å². The van der Waals surface area contributed by atoms with E-state index < -0.39 is 6.10 Å². The third kappa shape index (κ3) is 3.45. The van der Waals surface area contributed by atoms with E-state index in [0.717, 1.165) is 11.1 Å². The van der Waals surface area contributed by atoms with Crippen LogP contribution in [0.15, 0.2) is 42.5 Å². The Morgan fingerprint density at radius 1 is 1.10 bits per heavy atom. The van der Waals surface area contributed by atoms with Crippen LogP contribution in [0.1, 0.15) is 30.6 Å². The molecule has 0 unspecified atom stereocenters. The minimum absolute atomic E-state index is 0.312. The largest absolute Gasteiger partial charge is 0.488 e. The molecule has 4 heteroatoms. The van der Waals surface area contributed by atoms with Crippen molar-refractivity contribution < 1.29 is 9.84 Å². The first kappa shape index (κ1) is 15.2. The summed E-state index contributed by atoms with van der Waals surface area (Å²) in [7, 11) is 0. The molecule has 2 nitrogen and oxygen atoms in total. The normalized spacial score (nSPS) is 12.2. The fraction of sp³-hybridized carbons (Fsp3) is 0.250. The van der Waals surface area contributed by atoms with Gasteiger partial charge in [0.1, 0.15) is 12.4 Å². The number of aliphatic hydroxyl groups excluding tert-OH is 1. The van der Waals surface area contributed by atoms with Gasteiger partial charge in [-0.25, -0.2) is 0 Å². The molecule has 2 rings (SSSR count). The first-order valence-corrected chi connectivity index (χ1v) is 7.21. The van der Waals surface area contributed by atoms with Gasteiger partial charge in [0.25, 0.3) is 0 Å². The standard InChI is InChI=1S/C16H16Cl2O2/c1-2-14(19)12-7-3-4-9-15(12)20-10-11-6-5-8-13(17)16(11)18/h3-9,14,19H,2,10H2,1H3/t14-/m0/s1. The highest BCUT2D eigenvalue weighted by molar-refractivity contribution is 6.42. The van der Waals surface area contributed by atoms with E-state index in [2.05, 4.69) is 0 Å². The van der Waals surface area contributed by atoms with Crippen LogP contribution in [0.25, 0.3) is 0 Å². The van der Waals surface area contributed by atoms with Crippen LogP contribution in [0, 0.1) is 0 Å². The number of rotatable bonds is 5. The molecule has 0 spiro atoms. The topological polar surface area (TPSA) is 29.5 Å². The van der Waals surface area contributed by atoms with Crippen LogP contribution >= 0.6 is 23.2 Å². The van der Waals surface area contributed by atoms with Crippen LogP contribution in [-0.4, -0.2) is 5.11 Å². The van der Waals surface area contributed by atoms with Gasteiger partial charge in [-0.3, -0.25) is 0 Å². The third-order valence-corrected chi connectivity index (χ3v) is 3.94. The summed E-state index contributed by atoms with van der Waals surface area (Å²) >= 11 is 12.1. The summed E-state index contributed by atoms with van der Waals surface area (Å²) in [4.78, 5) is 0. The molecule has 0 aliphatic rings. The molecule has 1 N–H and O–H groups in total. The van der Waals surface area contributed by atoms with Gasteiger partial charge >= 0.3 is 0 Å². The molecule has 2 aromatic rings. The molecule has 0 amide bonds. The van der Waals surface area contributed by atoms with Crippen LogP contribution in [0.5, 0.6) is 5.75 Å². The van der Waals surface area contributed by atoms with Gasteiger partial charge in [0.15, 0.2) is 0 Å². The van der Waals surface area contributed by atoms with Crippen molar-refractivity contribution in [2.75, 3.05) is 0 Å². The van der Waals surface area contributed by atoms with E-state index in [4.69, 9.17) is 27.9 Å². The van der Waals surface area contributed by atoms with E-state index in [9.17, 15) is 5.11 Å². The lowest BCUT2D eigenvalue weighted by atomic mass is 10.1. The van der Waals surface area contributed by atoms with Crippen molar-refractivity contribution in [1.82, 2.24) is 0 Å². The van der Waals surface area contributed by atoms with Crippen molar-refractivity contribution >= 4 is 23.2 Å². The summed E-state index contributed by atoms with van der Waals surface area (Å²) in [6.07, 6.45) is 0.110. The fourth-order valence-corrected chi connectivity index (χ4v) is 2.30. The number of halogens is 2. The fourth-order valence-electron chi connectivity index (χ4n) is 1.92. The predicted octanol–water partition coefficient (Wildman–Crippen LogP) is 5.02. The summed E-state index contributed by atoms with van der Waals surface area (Å²) in [5.74, 6) is 0.665. The van der Waals surface area contributed by atoms with E-state index in [-0.39, 0.29) is 0 Å². The second-order valence-electron chi connectivity index (χ2n) is 4.46. The van der Waals surface area contributed by atoms with Crippen molar-refractivity contribution in [2.24, 2.45) is 0 Å². The van der Waals surface area contributed by atoms with Crippen LogP contribution < -0.4 is 4.74 Å². The third-order valence-electron chi connectivity index (χ3n) is 3.08. The molecule has 106 valence electrons. The maximum atomic E-state index is 9.98. The van der Waals surface area contributed by atoms with Gasteiger partial charge in [-0.15, -0.1) is 0 Å². The molecule has 0 fully saturated rings. The van der Waals surface area contributed by atoms with Crippen molar-refractivity contribution in [3.05, 3.63) is 63.6 Å². The molecule has 20 heavy (non-hydrogen) atoms. The predicted molar refractivity (Wildman–Crippen MR) is 82.5 cm³/mol. The van der Waals surface area contributed by atoms with Gasteiger partial charge < -0.3 is 9.84 Å². The molecule has 0 bridgehead atoms. The molecule has 0 saturated carbocycles. The molecule has 0 aliphatic heterocycles. The summed E-state index contributed by atoms with van der Waals surface area (Å²) in [6.45, 7) is 2.24. The summed E-state index contributed by atoms with van der Waals surface area (Å²) in [5, 5.41) is 11.0. The van der Waals surface area contributed by atoms with Crippen LogP contribution in [0.3, 0.4) is 0 Å². The summed E-state index contributed by atoms with van der Waals surface area (Å²) in [5.41, 5.74) is 1.60. The van der Waals surface area contributed by atoms with Gasteiger partial charge in [-0.1, -0.05) is 60.5 Å². The van der Waals surface area contributed by atoms with Gasteiger partial charge in [-0.2, -0.15) is 0 Å². The quantitative estimate of drug-likeness (QED) is 0.840. The number of ether oxygens (including phenoxy) is 1. The molecular formula is C16H16Cl2O2. The minimum atomic E-state index is -0.527. The lowest BCUT2D eigenvalue weighted by molar-refractivity contribution is 0.166. The number of aliphatic hydroxyl groups is 1. The van der Waals surface area contributed by atoms with Gasteiger partial charge in [0, 0.05) is 11.1 Å². The smallest absolute Gasteiger partial charge is 0.125 e. The molecule has 2 aromatic carbocycles. The Kier molecular flexibility index (Phi) is 5.30. The zero-order valence-electron chi connectivity index (χ0n) is 11.1. The molecule has 0 aromatic heterocycles. The number of benzene rings is 2. The van der Waals surface area contributed by atoms with E-state index in [0.29, 0.717) is 28.8 Å². The van der Waals surface area contributed by atoms with Crippen molar-refractivity contribution in [3.8, 4) is 5.75 Å². The Hall–Kier alpha value is -1.22. The molecule has 0 saturated heterocycles. The van der Waals surface area contributed by atoms with Crippen LogP contribution in [-0.2, 0) is 6.61 Å². The Labute approximate surface area is 128 Å². The number of para-hydroxylation sites is 1. The lowest BCUT2D eigenvalue weighted by Crippen LogP contribution is -2.02. The first-order valence-electron chi connectivity index (χ1n) is 6.46. The Morgan fingerprint density at radius 3 is 2.60 bits per heavy atom. The van der Waals surface area contributed by atoms with Gasteiger partial charge in [0.2, 0.25) is 0 Å². The lowest BCUT2D eigenvalue weighted by Gasteiger charge is -2.15. The van der Waals surface area contributed by atoms with E-state index >= 15 is 0 Å². The maximum absolute atomic E-state index is 9.98. The van der Waals surface area contributed by atoms with Crippen molar-refractivity contribution in [1.29, 1.82) is 0 Å². The van der Waals surface area contributed by atoms with E-state index in [1.54, 1.807) is 6.07 Å². The molecule has 0 heterocycles. The molecule has 1 atom stereocenters. The number of hydrogen-bond donors (Lipinski definition) is 1. The maximum Gasteiger partial charge on any atom is 0.125 e. The second-order valence-corrected chi connectivity index (χ2v) is 5.25. The van der Waals surface area contributed by atoms with E-state index in [1.807, 2.05) is 43.3 Å². The number of hydrogen-bond acceptors (Lipinski definition) is 2. The SMILES string of the molecule is CC[C@H](O)c1ccccc1OCc1cccc(Cl)c1Cl. The van der Waals surface area contributed by atoms with Crippen molar-refractivity contribution in [3.63, 3.8) is 0 Å². The summed E-state index contributed by atoms with van der Waals surface area (Å²) in [6, 6.07) is 12.9. The highest BCUT2D eigenvalue weighted by Gasteiger charge is 2.12. The highest BCUT2D eigenvalue weighted by Crippen LogP contribution is 2.30. The highest BCUT2D eigenvalue weighted by atomic mass is 35.5. The first-order chi connectivity index (χ1) is 9.63. The van der Waals surface area contributed by atoms with Gasteiger partial charge in [-0.05, 0) is 18.6 Å². The minimum Gasteiger partial charge on any atom is -0.488 e. The zero-order valence-corrected chi connectivity index (χ0v) is 12.7. The molecular weight excluding hydrogens is 295 g/mol. The zero-order chi connectivity index (χ0) is 14.5. The summed E-state index contributed by atoms with van der Waals surface area (Å²) < 4.78 is 5.78. The monoisotopic (exact) mass is 310 g/mol. The Balaban J connectivity index is 2.17. The average molecular weight is 311 g/mol. The molecule has 0 aliphatic carbocycles. The molecule has 0 radical (unpaired) electrons. The van der Waals surface area contributed by atoms with Crippen LogP contribution in [0.2, 0.25) is 10.0 Å². The van der Waals surface area contributed by atoms with Gasteiger partial charge in [0.05, 0.1) is 16.1 Å². The van der Waals surface area contributed by atoms with E-state index in [1.165, 1.54) is 0 Å². The second kappa shape index (κ2) is 6.98. The average Bonchev–Trinajstić information content (AvgIpc) is 2.48. The Morgan fingerprint density at radius 2 is 1.85 bits per heavy atom. The van der Waals surface area contributed by atoms with Crippen LogP contribution in [0.4, 0.5) is 0 Å². The Bertz CT molecular complexity index is 584.